The van der Waals surface area contributed by atoms with Gasteiger partial charge in [0.2, 0.25) is 0 Å². The van der Waals surface area contributed by atoms with Crippen LogP contribution in [0.2, 0.25) is 5.02 Å². The van der Waals surface area contributed by atoms with Gasteiger partial charge in [0.15, 0.2) is 0 Å². The van der Waals surface area contributed by atoms with Gasteiger partial charge in [-0.15, -0.1) is 0 Å². The van der Waals surface area contributed by atoms with Crippen LogP contribution < -0.4 is 0 Å². The first-order valence-corrected chi connectivity index (χ1v) is 6.86. The normalized spacial score (nSPS) is 13.6. The van der Waals surface area contributed by atoms with E-state index in [0.29, 0.717) is 16.8 Å². The predicted molar refractivity (Wildman–Crippen MR) is 69.3 cm³/mol. The Morgan fingerprint density at radius 3 is 2.50 bits per heavy atom. The zero-order valence-electron chi connectivity index (χ0n) is 9.51. The Bertz CT molecular complexity index is 371. The van der Waals surface area contributed by atoms with Crippen molar-refractivity contribution in [3.8, 4) is 0 Å². The Kier molecular flexibility index (Phi) is 6.46. The third-order valence-electron chi connectivity index (χ3n) is 2.30. The lowest BCUT2D eigenvalue weighted by Crippen LogP contribution is -2.22. The van der Waals surface area contributed by atoms with Crippen molar-refractivity contribution in [1.29, 1.82) is 0 Å². The van der Waals surface area contributed by atoms with Crippen LogP contribution in [0.5, 0.6) is 0 Å². The van der Waals surface area contributed by atoms with E-state index >= 15 is 0 Å². The smallest absolute Gasteiger partial charge is 0.372 e. The molecule has 0 aliphatic carbocycles. The maximum absolute atomic E-state index is 11.9. The first kappa shape index (κ1) is 15.8. The molecule has 102 valence electrons. The summed E-state index contributed by atoms with van der Waals surface area (Å²) in [6.45, 7) is -1.16. The monoisotopic (exact) mass is 344 g/mol. The summed E-state index contributed by atoms with van der Waals surface area (Å²) in [4.78, 5) is 0. The van der Waals surface area contributed by atoms with E-state index < -0.39 is 12.8 Å². The molecule has 0 spiro atoms. The van der Waals surface area contributed by atoms with Crippen LogP contribution >= 0.6 is 27.5 Å². The standard InChI is InChI=1S/C12H13BrClF3O/c13-6-9(7-18-8-12(15,16)17)5-10-3-1-2-4-11(10)14/h1-4,9H,5-8H2. The van der Waals surface area contributed by atoms with E-state index in [1.807, 2.05) is 18.2 Å². The highest BCUT2D eigenvalue weighted by molar-refractivity contribution is 9.09. The molecule has 0 N–H and O–H groups in total. The van der Waals surface area contributed by atoms with E-state index in [1.165, 1.54) is 0 Å². The fourth-order valence-corrected chi connectivity index (χ4v) is 2.10. The zero-order chi connectivity index (χ0) is 13.6. The molecule has 0 bridgehead atoms. The molecule has 0 amide bonds. The van der Waals surface area contributed by atoms with E-state index in [0.717, 1.165) is 5.56 Å². The molecule has 0 radical (unpaired) electrons. The summed E-state index contributed by atoms with van der Waals surface area (Å²) in [5.74, 6) is -0.0350. The molecule has 1 nitrogen and oxygen atoms in total. The number of hydrogen-bond acceptors (Lipinski definition) is 1. The topological polar surface area (TPSA) is 9.23 Å². The SMILES string of the molecule is FC(F)(F)COCC(CBr)Cc1ccccc1Cl. The molecular formula is C12H13BrClF3O. The lowest BCUT2D eigenvalue weighted by atomic mass is 10.0. The van der Waals surface area contributed by atoms with Crippen molar-refractivity contribution in [3.05, 3.63) is 34.9 Å². The highest BCUT2D eigenvalue weighted by atomic mass is 79.9. The highest BCUT2D eigenvalue weighted by Crippen LogP contribution is 2.21. The average molecular weight is 346 g/mol. The predicted octanol–water partition coefficient (Wildman–Crippen LogP) is 4.47. The second-order valence-corrected chi connectivity index (χ2v) is 5.00. The minimum Gasteiger partial charge on any atom is -0.372 e. The molecule has 0 aliphatic heterocycles. The van der Waals surface area contributed by atoms with Crippen LogP contribution in [0.15, 0.2) is 24.3 Å². The number of hydrogen-bond donors (Lipinski definition) is 0. The van der Waals surface area contributed by atoms with Crippen LogP contribution in [0.1, 0.15) is 5.56 Å². The van der Waals surface area contributed by atoms with Gasteiger partial charge in [-0.2, -0.15) is 13.2 Å². The lowest BCUT2D eigenvalue weighted by Gasteiger charge is -2.16. The van der Waals surface area contributed by atoms with Gasteiger partial charge in [0.1, 0.15) is 6.61 Å². The summed E-state index contributed by atoms with van der Waals surface area (Å²) < 4.78 is 40.5. The number of ether oxygens (including phenoxy) is 1. The van der Waals surface area contributed by atoms with Crippen LogP contribution in [0.3, 0.4) is 0 Å². The second kappa shape index (κ2) is 7.36. The number of alkyl halides is 4. The van der Waals surface area contributed by atoms with Crippen molar-refractivity contribution in [1.82, 2.24) is 0 Å². The molecule has 0 aliphatic rings. The minimum atomic E-state index is -4.28. The molecule has 1 rings (SSSR count). The Balaban J connectivity index is 2.45. The first-order valence-electron chi connectivity index (χ1n) is 5.36. The van der Waals surface area contributed by atoms with Crippen molar-refractivity contribution in [2.45, 2.75) is 12.6 Å². The minimum absolute atomic E-state index is 0.0350. The maximum atomic E-state index is 11.9. The van der Waals surface area contributed by atoms with E-state index in [4.69, 9.17) is 11.6 Å². The van der Waals surface area contributed by atoms with E-state index in [-0.39, 0.29) is 12.5 Å². The van der Waals surface area contributed by atoms with E-state index in [2.05, 4.69) is 20.7 Å². The molecule has 1 atom stereocenters. The largest absolute Gasteiger partial charge is 0.411 e. The van der Waals surface area contributed by atoms with E-state index in [9.17, 15) is 13.2 Å². The van der Waals surface area contributed by atoms with Crippen molar-refractivity contribution in [2.75, 3.05) is 18.5 Å². The molecule has 0 saturated heterocycles. The Morgan fingerprint density at radius 2 is 1.94 bits per heavy atom. The third kappa shape index (κ3) is 6.07. The summed E-state index contributed by atoms with van der Waals surface area (Å²) in [6, 6.07) is 7.29. The Labute approximate surface area is 117 Å². The van der Waals surface area contributed by atoms with Gasteiger partial charge in [0.05, 0.1) is 6.61 Å². The summed E-state index contributed by atoms with van der Waals surface area (Å²) in [5, 5.41) is 1.19. The van der Waals surface area contributed by atoms with Crippen molar-refractivity contribution < 1.29 is 17.9 Å². The van der Waals surface area contributed by atoms with Crippen molar-refractivity contribution in [2.24, 2.45) is 5.92 Å². The zero-order valence-corrected chi connectivity index (χ0v) is 11.9. The molecule has 0 fully saturated rings. The molecule has 1 unspecified atom stereocenters. The molecule has 1 aromatic carbocycles. The summed E-state index contributed by atoms with van der Waals surface area (Å²) in [6.07, 6.45) is -3.69. The van der Waals surface area contributed by atoms with Crippen LogP contribution in [-0.4, -0.2) is 24.7 Å². The number of halogens is 5. The van der Waals surface area contributed by atoms with Gasteiger partial charge in [-0.25, -0.2) is 0 Å². The van der Waals surface area contributed by atoms with Gasteiger partial charge in [0, 0.05) is 10.4 Å². The molecule has 0 aromatic heterocycles. The third-order valence-corrected chi connectivity index (χ3v) is 3.59. The van der Waals surface area contributed by atoms with Crippen LogP contribution in [-0.2, 0) is 11.2 Å². The van der Waals surface area contributed by atoms with Crippen LogP contribution in [0.25, 0.3) is 0 Å². The molecule has 1 aromatic rings. The summed E-state index contributed by atoms with van der Waals surface area (Å²) in [5.41, 5.74) is 0.916. The Morgan fingerprint density at radius 1 is 1.28 bits per heavy atom. The number of benzene rings is 1. The lowest BCUT2D eigenvalue weighted by molar-refractivity contribution is -0.176. The quantitative estimate of drug-likeness (QED) is 0.691. The first-order chi connectivity index (χ1) is 8.42. The van der Waals surface area contributed by atoms with Gasteiger partial charge in [-0.05, 0) is 24.0 Å². The summed E-state index contributed by atoms with van der Waals surface area (Å²) in [7, 11) is 0. The molecule has 0 saturated carbocycles. The second-order valence-electron chi connectivity index (χ2n) is 3.95. The number of rotatable bonds is 6. The maximum Gasteiger partial charge on any atom is 0.411 e. The van der Waals surface area contributed by atoms with Crippen LogP contribution in [0.4, 0.5) is 13.2 Å². The van der Waals surface area contributed by atoms with Gasteiger partial charge >= 0.3 is 6.18 Å². The fraction of sp³-hybridized carbons (Fsp3) is 0.500. The molecule has 0 heterocycles. The van der Waals surface area contributed by atoms with Crippen molar-refractivity contribution in [3.63, 3.8) is 0 Å². The van der Waals surface area contributed by atoms with Gasteiger partial charge in [-0.1, -0.05) is 45.7 Å². The van der Waals surface area contributed by atoms with Gasteiger partial charge < -0.3 is 4.74 Å². The molecule has 18 heavy (non-hydrogen) atoms. The fourth-order valence-electron chi connectivity index (χ4n) is 1.47. The Hall–Kier alpha value is -0.260. The van der Waals surface area contributed by atoms with E-state index in [1.54, 1.807) is 6.07 Å². The summed E-state index contributed by atoms with van der Waals surface area (Å²) >= 11 is 9.27. The van der Waals surface area contributed by atoms with Gasteiger partial charge in [0.25, 0.3) is 0 Å². The van der Waals surface area contributed by atoms with Gasteiger partial charge in [-0.3, -0.25) is 0 Å². The highest BCUT2D eigenvalue weighted by Gasteiger charge is 2.27. The van der Waals surface area contributed by atoms with Crippen LogP contribution in [0, 0.1) is 5.92 Å². The molecular weight excluding hydrogens is 332 g/mol. The average Bonchev–Trinajstić information content (AvgIpc) is 2.29. The molecule has 6 heteroatoms. The van der Waals surface area contributed by atoms with Crippen molar-refractivity contribution >= 4 is 27.5 Å².